The van der Waals surface area contributed by atoms with E-state index in [0.29, 0.717) is 16.2 Å². The van der Waals surface area contributed by atoms with Crippen LogP contribution in [0.25, 0.3) is 11.2 Å². The van der Waals surface area contributed by atoms with E-state index in [1.54, 1.807) is 6.33 Å². The Morgan fingerprint density at radius 1 is 1.41 bits per heavy atom. The summed E-state index contributed by atoms with van der Waals surface area (Å²) < 4.78 is 1.93. The Hall–Kier alpha value is -1.87. The molecule has 0 radical (unpaired) electrons. The van der Waals surface area contributed by atoms with Gasteiger partial charge in [-0.25, -0.2) is 9.97 Å². The highest BCUT2D eigenvalue weighted by atomic mass is 32.2. The summed E-state index contributed by atoms with van der Waals surface area (Å²) in [7, 11) is 0. The summed E-state index contributed by atoms with van der Waals surface area (Å²) >= 11 is 1.10. The number of carbonyl (C=O) groups is 1. The van der Waals surface area contributed by atoms with Gasteiger partial charge in [-0.15, -0.1) is 0 Å². The van der Waals surface area contributed by atoms with Gasteiger partial charge in [0.25, 0.3) is 0 Å². The van der Waals surface area contributed by atoms with Crippen molar-refractivity contribution < 1.29 is 9.90 Å². The molecule has 3 N–H and O–H groups in total. The first-order valence-corrected chi connectivity index (χ1v) is 8.09. The van der Waals surface area contributed by atoms with Gasteiger partial charge in [0.2, 0.25) is 5.95 Å². The molecule has 0 bridgehead atoms. The van der Waals surface area contributed by atoms with E-state index < -0.39 is 5.97 Å². The van der Waals surface area contributed by atoms with Crippen molar-refractivity contribution in [1.82, 2.24) is 24.4 Å². The fourth-order valence-electron chi connectivity index (χ4n) is 2.12. The lowest BCUT2D eigenvalue weighted by Crippen LogP contribution is -2.26. The lowest BCUT2D eigenvalue weighted by molar-refractivity contribution is -0.133. The van der Waals surface area contributed by atoms with E-state index in [1.807, 2.05) is 4.57 Å². The molecular formula is C13H20N6O2S. The number of aromatic nitrogens is 4. The Labute approximate surface area is 132 Å². The summed E-state index contributed by atoms with van der Waals surface area (Å²) in [5.74, 6) is -0.862. The summed E-state index contributed by atoms with van der Waals surface area (Å²) in [4.78, 5) is 25.7. The number of rotatable bonds is 8. The molecule has 0 atom stereocenters. The number of nitrogens with two attached hydrogens (primary N) is 1. The van der Waals surface area contributed by atoms with Crippen molar-refractivity contribution in [2.24, 2.45) is 0 Å². The number of anilines is 1. The molecule has 22 heavy (non-hydrogen) atoms. The first-order valence-electron chi connectivity index (χ1n) is 7.10. The molecule has 2 aromatic heterocycles. The fraction of sp³-hybridized carbons (Fsp3) is 0.538. The monoisotopic (exact) mass is 324 g/mol. The molecule has 2 rings (SSSR count). The van der Waals surface area contributed by atoms with Crippen molar-refractivity contribution in [2.45, 2.75) is 25.4 Å². The van der Waals surface area contributed by atoms with Crippen molar-refractivity contribution in [3.05, 3.63) is 6.33 Å². The third kappa shape index (κ3) is 3.86. The average molecular weight is 324 g/mol. The van der Waals surface area contributed by atoms with Crippen LogP contribution in [0.1, 0.15) is 13.8 Å². The van der Waals surface area contributed by atoms with Crippen LogP contribution >= 0.6 is 11.8 Å². The largest absolute Gasteiger partial charge is 0.481 e. The van der Waals surface area contributed by atoms with Crippen molar-refractivity contribution in [3.63, 3.8) is 0 Å². The van der Waals surface area contributed by atoms with Crippen molar-refractivity contribution in [3.8, 4) is 0 Å². The van der Waals surface area contributed by atoms with Gasteiger partial charge in [-0.05, 0) is 13.1 Å². The first-order chi connectivity index (χ1) is 10.5. The summed E-state index contributed by atoms with van der Waals surface area (Å²) in [6, 6.07) is 0. The lowest BCUT2D eigenvalue weighted by Gasteiger charge is -2.18. The van der Waals surface area contributed by atoms with Crippen LogP contribution in [0.2, 0.25) is 0 Å². The molecule has 2 aromatic rings. The minimum atomic E-state index is -0.906. The zero-order chi connectivity index (χ0) is 16.1. The smallest absolute Gasteiger partial charge is 0.313 e. The van der Waals surface area contributed by atoms with Crippen LogP contribution in [0, 0.1) is 0 Å². The third-order valence-electron chi connectivity index (χ3n) is 3.33. The Morgan fingerprint density at radius 3 is 2.77 bits per heavy atom. The maximum atomic E-state index is 10.7. The molecule has 0 fully saturated rings. The molecule has 0 saturated heterocycles. The van der Waals surface area contributed by atoms with Crippen molar-refractivity contribution >= 4 is 34.8 Å². The second kappa shape index (κ2) is 7.41. The lowest BCUT2D eigenvalue weighted by atomic mass is 10.4. The molecule has 0 saturated carbocycles. The van der Waals surface area contributed by atoms with Gasteiger partial charge in [-0.3, -0.25) is 4.79 Å². The maximum Gasteiger partial charge on any atom is 0.313 e. The predicted molar refractivity (Wildman–Crippen MR) is 85.9 cm³/mol. The molecule has 0 aromatic carbocycles. The molecule has 120 valence electrons. The van der Waals surface area contributed by atoms with Crippen LogP contribution in [0.3, 0.4) is 0 Å². The van der Waals surface area contributed by atoms with Crippen LogP contribution < -0.4 is 5.73 Å². The highest BCUT2D eigenvalue weighted by Crippen LogP contribution is 2.24. The maximum absolute atomic E-state index is 10.7. The van der Waals surface area contributed by atoms with E-state index in [1.165, 1.54) is 0 Å². The number of aliphatic carboxylic acids is 1. The van der Waals surface area contributed by atoms with Crippen molar-refractivity contribution in [1.29, 1.82) is 0 Å². The summed E-state index contributed by atoms with van der Waals surface area (Å²) in [6.07, 6.45) is 1.70. The number of imidazole rings is 1. The molecule has 0 aliphatic carbocycles. The Morgan fingerprint density at radius 2 is 2.14 bits per heavy atom. The number of likely N-dealkylation sites (N-methyl/N-ethyl adjacent to an activating group) is 1. The molecule has 8 nitrogen and oxygen atoms in total. The number of hydrogen-bond donors (Lipinski definition) is 2. The molecule has 2 heterocycles. The summed E-state index contributed by atoms with van der Waals surface area (Å²) in [5.41, 5.74) is 6.98. The standard InChI is InChI=1S/C13H20N6O2S/c1-3-18(4-2)5-6-19-8-15-10-11(19)16-13(14)17-12(10)22-7-9(20)21/h8H,3-7H2,1-2H3,(H,20,21)(H2,14,16,17). The Kier molecular flexibility index (Phi) is 5.56. The highest BCUT2D eigenvalue weighted by Gasteiger charge is 2.14. The number of nitrogens with zero attached hydrogens (tertiary/aromatic N) is 5. The number of thioether (sulfide) groups is 1. The Bertz CT molecular complexity index is 655. The molecule has 9 heteroatoms. The van der Waals surface area contributed by atoms with Gasteiger partial charge < -0.3 is 20.3 Å². The van der Waals surface area contributed by atoms with Gasteiger partial charge in [-0.1, -0.05) is 25.6 Å². The third-order valence-corrected chi connectivity index (χ3v) is 4.28. The van der Waals surface area contributed by atoms with Crippen LogP contribution in [0.5, 0.6) is 0 Å². The quantitative estimate of drug-likeness (QED) is 0.545. The van der Waals surface area contributed by atoms with Crippen LogP contribution in [0.4, 0.5) is 5.95 Å². The van der Waals surface area contributed by atoms with E-state index in [0.717, 1.165) is 37.9 Å². The molecule has 0 aliphatic rings. The molecule has 0 aliphatic heterocycles. The number of fused-ring (bicyclic) bond motifs is 1. The molecule has 0 amide bonds. The minimum absolute atomic E-state index is 0.0855. The molecule has 0 unspecified atom stereocenters. The van der Waals surface area contributed by atoms with E-state index in [-0.39, 0.29) is 11.7 Å². The minimum Gasteiger partial charge on any atom is -0.481 e. The van der Waals surface area contributed by atoms with Gasteiger partial charge in [0, 0.05) is 13.1 Å². The zero-order valence-electron chi connectivity index (χ0n) is 12.7. The number of hydrogen-bond acceptors (Lipinski definition) is 7. The van der Waals surface area contributed by atoms with Gasteiger partial charge in [0.1, 0.15) is 10.5 Å². The molecular weight excluding hydrogens is 304 g/mol. The van der Waals surface area contributed by atoms with Gasteiger partial charge in [-0.2, -0.15) is 4.98 Å². The van der Waals surface area contributed by atoms with E-state index in [4.69, 9.17) is 10.8 Å². The summed E-state index contributed by atoms with van der Waals surface area (Å²) in [5, 5.41) is 9.30. The van der Waals surface area contributed by atoms with E-state index in [9.17, 15) is 4.79 Å². The predicted octanol–water partition coefficient (Wildman–Crippen LogP) is 0.927. The topological polar surface area (TPSA) is 110 Å². The SMILES string of the molecule is CCN(CC)CCn1cnc2c(SCC(=O)O)nc(N)nc21. The van der Waals surface area contributed by atoms with Gasteiger partial charge in [0.15, 0.2) is 5.65 Å². The molecule has 0 spiro atoms. The van der Waals surface area contributed by atoms with Gasteiger partial charge in [0.05, 0.1) is 12.1 Å². The van der Waals surface area contributed by atoms with E-state index >= 15 is 0 Å². The highest BCUT2D eigenvalue weighted by molar-refractivity contribution is 8.00. The second-order valence-corrected chi connectivity index (χ2v) is 5.67. The van der Waals surface area contributed by atoms with E-state index in [2.05, 4.69) is 33.7 Å². The van der Waals surface area contributed by atoms with Crippen LogP contribution in [0.15, 0.2) is 11.4 Å². The first kappa shape index (κ1) is 16.5. The van der Waals surface area contributed by atoms with Crippen LogP contribution in [-0.2, 0) is 11.3 Å². The van der Waals surface area contributed by atoms with Crippen molar-refractivity contribution in [2.75, 3.05) is 31.1 Å². The fourth-order valence-corrected chi connectivity index (χ4v) is 2.82. The average Bonchev–Trinajstić information content (AvgIpc) is 2.89. The summed E-state index contributed by atoms with van der Waals surface area (Å²) in [6.45, 7) is 7.85. The van der Waals surface area contributed by atoms with Crippen LogP contribution in [-0.4, -0.2) is 60.9 Å². The zero-order valence-corrected chi connectivity index (χ0v) is 13.5. The number of nitrogen functional groups attached to an aromatic ring is 1. The Balaban J connectivity index is 2.24. The van der Waals surface area contributed by atoms with Gasteiger partial charge >= 0.3 is 5.97 Å². The normalized spacial score (nSPS) is 11.4. The number of carboxylic acid groups (broad SMARTS) is 1. The second-order valence-electron chi connectivity index (χ2n) is 4.71. The number of carboxylic acids is 1.